The van der Waals surface area contributed by atoms with Gasteiger partial charge in [0.05, 0.1) is 6.54 Å². The topological polar surface area (TPSA) is 8.81 Å². The lowest BCUT2D eigenvalue weighted by Crippen LogP contribution is -2.32. The van der Waals surface area contributed by atoms with Crippen LogP contribution < -0.4 is 4.57 Å². The second-order valence-corrected chi connectivity index (χ2v) is 7.34. The maximum Gasteiger partial charge on any atom is 0.260 e. The molecule has 1 aromatic heterocycles. The quantitative estimate of drug-likeness (QED) is 0.329. The number of benzene rings is 2. The molecule has 0 N–H and O–H groups in total. The molecule has 1 heterocycles. The minimum atomic E-state index is 0.578. The summed E-state index contributed by atoms with van der Waals surface area (Å²) in [6, 6.07) is 12.7. The first-order valence-corrected chi connectivity index (χ1v) is 9.83. The zero-order valence-electron chi connectivity index (χ0n) is 14.9. The summed E-state index contributed by atoms with van der Waals surface area (Å²) in [5, 5.41) is 3.58. The minimum absolute atomic E-state index is 0.578. The van der Waals surface area contributed by atoms with Crippen LogP contribution in [0.1, 0.15) is 44.6 Å². The molecule has 0 aliphatic heterocycles. The van der Waals surface area contributed by atoms with Crippen molar-refractivity contribution in [3.8, 4) is 5.69 Å². The van der Waals surface area contributed by atoms with Gasteiger partial charge in [0.2, 0.25) is 0 Å². The van der Waals surface area contributed by atoms with E-state index in [4.69, 9.17) is 23.2 Å². The Balaban J connectivity index is 1.94. The average Bonchev–Trinajstić information content (AvgIpc) is 2.90. The maximum atomic E-state index is 6.59. The standard InChI is InChI=1S/C21H25Cl2N2/c1-3-4-5-6-9-14-24-15-25(21(23)20(24)22)19-16(2)12-13-17-10-7-8-11-18(17)19/h7-8,10-13,15H,3-6,9,14H2,1-2H3/q+1. The molecule has 3 aromatic rings. The van der Waals surface area contributed by atoms with Crippen LogP contribution in [0.4, 0.5) is 0 Å². The Bertz CT molecular complexity index is 868. The normalized spacial score (nSPS) is 11.4. The smallest absolute Gasteiger partial charge is 0.219 e. The second kappa shape index (κ2) is 8.25. The average molecular weight is 376 g/mol. The second-order valence-electron chi connectivity index (χ2n) is 6.63. The zero-order valence-corrected chi connectivity index (χ0v) is 16.4. The van der Waals surface area contributed by atoms with E-state index in [2.05, 4.69) is 54.8 Å². The van der Waals surface area contributed by atoms with Gasteiger partial charge < -0.3 is 0 Å². The molecule has 2 nitrogen and oxygen atoms in total. The molecule has 0 atom stereocenters. The van der Waals surface area contributed by atoms with E-state index >= 15 is 0 Å². The fourth-order valence-electron chi connectivity index (χ4n) is 3.34. The fourth-order valence-corrected chi connectivity index (χ4v) is 3.80. The molecular formula is C21H25Cl2N2+. The van der Waals surface area contributed by atoms with E-state index in [1.807, 2.05) is 10.9 Å². The number of imidazole rings is 1. The van der Waals surface area contributed by atoms with Crippen LogP contribution in [0.15, 0.2) is 42.7 Å². The number of aryl methyl sites for hydroxylation is 2. The number of unbranched alkanes of at least 4 members (excludes halogenated alkanes) is 4. The van der Waals surface area contributed by atoms with Gasteiger partial charge in [-0.15, -0.1) is 0 Å². The van der Waals surface area contributed by atoms with Crippen molar-refractivity contribution < 1.29 is 4.57 Å². The predicted octanol–water partition coefficient (Wildman–Crippen LogP) is 6.50. The van der Waals surface area contributed by atoms with Crippen LogP contribution in [0.3, 0.4) is 0 Å². The van der Waals surface area contributed by atoms with E-state index in [-0.39, 0.29) is 0 Å². The van der Waals surface area contributed by atoms with Crippen LogP contribution >= 0.6 is 23.2 Å². The van der Waals surface area contributed by atoms with Gasteiger partial charge >= 0.3 is 0 Å². The lowest BCUT2D eigenvalue weighted by atomic mass is 10.0. The highest BCUT2D eigenvalue weighted by Crippen LogP contribution is 2.30. The van der Waals surface area contributed by atoms with Crippen molar-refractivity contribution in [3.63, 3.8) is 0 Å². The monoisotopic (exact) mass is 375 g/mol. The molecule has 4 heteroatoms. The van der Waals surface area contributed by atoms with Crippen molar-refractivity contribution in [2.24, 2.45) is 0 Å². The van der Waals surface area contributed by atoms with Gasteiger partial charge in [-0.25, -0.2) is 4.57 Å². The number of rotatable bonds is 7. The first-order valence-electron chi connectivity index (χ1n) is 9.08. The summed E-state index contributed by atoms with van der Waals surface area (Å²) in [4.78, 5) is 0. The minimum Gasteiger partial charge on any atom is -0.219 e. The Morgan fingerprint density at radius 2 is 1.72 bits per heavy atom. The van der Waals surface area contributed by atoms with E-state index in [0.29, 0.717) is 10.3 Å². The largest absolute Gasteiger partial charge is 0.260 e. The van der Waals surface area contributed by atoms with Gasteiger partial charge in [-0.1, -0.05) is 62.6 Å². The summed E-state index contributed by atoms with van der Waals surface area (Å²) >= 11 is 13.1. The number of hydrogen-bond donors (Lipinski definition) is 0. The lowest BCUT2D eigenvalue weighted by molar-refractivity contribution is -0.694. The van der Waals surface area contributed by atoms with Crippen LogP contribution in [0, 0.1) is 6.92 Å². The molecule has 0 amide bonds. The van der Waals surface area contributed by atoms with Crippen molar-refractivity contribution in [2.75, 3.05) is 0 Å². The molecule has 3 rings (SSSR count). The van der Waals surface area contributed by atoms with Gasteiger partial charge in [0, 0.05) is 5.39 Å². The van der Waals surface area contributed by atoms with Crippen molar-refractivity contribution >= 4 is 34.0 Å². The molecule has 0 saturated carbocycles. The number of fused-ring (bicyclic) bond motifs is 1. The predicted molar refractivity (Wildman–Crippen MR) is 107 cm³/mol. The Kier molecular flexibility index (Phi) is 6.03. The highest BCUT2D eigenvalue weighted by atomic mass is 35.5. The third-order valence-corrected chi connectivity index (χ3v) is 5.59. The number of halogens is 2. The summed E-state index contributed by atoms with van der Waals surface area (Å²) in [6.45, 7) is 5.25. The molecule has 2 aromatic carbocycles. The molecule has 0 spiro atoms. The van der Waals surface area contributed by atoms with Crippen LogP contribution in [-0.4, -0.2) is 4.57 Å². The van der Waals surface area contributed by atoms with Crippen LogP contribution in [0.5, 0.6) is 0 Å². The first kappa shape index (κ1) is 18.3. The molecular weight excluding hydrogens is 351 g/mol. The molecule has 0 aliphatic carbocycles. The summed E-state index contributed by atoms with van der Waals surface area (Å²) in [7, 11) is 0. The molecule has 0 saturated heterocycles. The van der Waals surface area contributed by atoms with Crippen molar-refractivity contribution in [1.29, 1.82) is 0 Å². The number of aromatic nitrogens is 2. The summed E-state index contributed by atoms with van der Waals surface area (Å²) < 4.78 is 4.09. The Labute approximate surface area is 160 Å². The van der Waals surface area contributed by atoms with Crippen LogP contribution in [-0.2, 0) is 6.54 Å². The summed E-state index contributed by atoms with van der Waals surface area (Å²) in [5.41, 5.74) is 2.29. The van der Waals surface area contributed by atoms with Crippen molar-refractivity contribution in [2.45, 2.75) is 52.5 Å². The van der Waals surface area contributed by atoms with Gasteiger partial charge in [0.1, 0.15) is 5.69 Å². The third-order valence-electron chi connectivity index (χ3n) is 4.73. The van der Waals surface area contributed by atoms with Crippen molar-refractivity contribution in [1.82, 2.24) is 4.57 Å². The van der Waals surface area contributed by atoms with E-state index < -0.39 is 0 Å². The molecule has 132 valence electrons. The lowest BCUT2D eigenvalue weighted by Gasteiger charge is -2.07. The van der Waals surface area contributed by atoms with Crippen molar-refractivity contribution in [3.05, 3.63) is 58.6 Å². The summed E-state index contributed by atoms with van der Waals surface area (Å²) in [6.07, 6.45) is 8.24. The van der Waals surface area contributed by atoms with Gasteiger partial charge in [0.15, 0.2) is 0 Å². The zero-order chi connectivity index (χ0) is 17.8. The third kappa shape index (κ3) is 3.86. The van der Waals surface area contributed by atoms with Gasteiger partial charge in [0.25, 0.3) is 16.6 Å². The first-order chi connectivity index (χ1) is 12.1. The SMILES string of the molecule is CCCCCCC[n+]1cn(-c2c(C)ccc3ccccc23)c(Cl)c1Cl. The van der Waals surface area contributed by atoms with Crippen LogP contribution in [0.25, 0.3) is 16.5 Å². The maximum absolute atomic E-state index is 6.59. The summed E-state index contributed by atoms with van der Waals surface area (Å²) in [5.74, 6) is 0. The number of nitrogens with zero attached hydrogens (tertiary/aromatic N) is 2. The van der Waals surface area contributed by atoms with Crippen LogP contribution in [0.2, 0.25) is 10.3 Å². The van der Waals surface area contributed by atoms with E-state index in [9.17, 15) is 0 Å². The fraction of sp³-hybridized carbons (Fsp3) is 0.381. The van der Waals surface area contributed by atoms with Gasteiger partial charge in [-0.05, 0) is 53.9 Å². The van der Waals surface area contributed by atoms with Gasteiger partial charge in [-0.2, -0.15) is 4.57 Å². The molecule has 0 unspecified atom stereocenters. The highest BCUT2D eigenvalue weighted by Gasteiger charge is 2.24. The van der Waals surface area contributed by atoms with E-state index in [0.717, 1.165) is 18.7 Å². The molecule has 0 aliphatic rings. The Morgan fingerprint density at radius 3 is 2.52 bits per heavy atom. The molecule has 0 radical (unpaired) electrons. The highest BCUT2D eigenvalue weighted by molar-refractivity contribution is 6.40. The number of hydrogen-bond acceptors (Lipinski definition) is 0. The van der Waals surface area contributed by atoms with E-state index in [1.54, 1.807) is 0 Å². The van der Waals surface area contributed by atoms with Gasteiger partial charge in [-0.3, -0.25) is 0 Å². The molecule has 25 heavy (non-hydrogen) atoms. The molecule has 0 bridgehead atoms. The van der Waals surface area contributed by atoms with E-state index in [1.165, 1.54) is 42.0 Å². The Morgan fingerprint density at radius 1 is 0.960 bits per heavy atom. The Hall–Kier alpha value is -1.51. The molecule has 0 fully saturated rings.